The second kappa shape index (κ2) is 8.55. The number of esters is 1. The van der Waals surface area contributed by atoms with E-state index in [1.54, 1.807) is 43.5 Å². The number of carbonyl (C=O) groups excluding carboxylic acids is 1. The zero-order chi connectivity index (χ0) is 21.0. The van der Waals surface area contributed by atoms with Crippen LogP contribution in [0.4, 0.5) is 0 Å². The van der Waals surface area contributed by atoms with Crippen LogP contribution in [0.25, 0.3) is 6.08 Å². The van der Waals surface area contributed by atoms with Gasteiger partial charge in [-0.2, -0.15) is 0 Å². The summed E-state index contributed by atoms with van der Waals surface area (Å²) in [6.45, 7) is 0. The number of hydrogen-bond donors (Lipinski definition) is 0. The molecule has 0 radical (unpaired) electrons. The van der Waals surface area contributed by atoms with Gasteiger partial charge in [0.1, 0.15) is 0 Å². The maximum atomic E-state index is 12.3. The molecular formula is C21H21NO7. The van der Waals surface area contributed by atoms with E-state index in [2.05, 4.69) is 4.99 Å². The normalized spacial score (nSPS) is 14.3. The van der Waals surface area contributed by atoms with Crippen molar-refractivity contribution in [3.8, 4) is 28.7 Å². The first-order chi connectivity index (χ1) is 14.0. The minimum Gasteiger partial charge on any atom is -0.493 e. The second-order valence-corrected chi connectivity index (χ2v) is 5.86. The van der Waals surface area contributed by atoms with Gasteiger partial charge in [0.25, 0.3) is 0 Å². The van der Waals surface area contributed by atoms with Gasteiger partial charge in [0, 0.05) is 5.56 Å². The van der Waals surface area contributed by atoms with Crippen molar-refractivity contribution in [1.82, 2.24) is 0 Å². The lowest BCUT2D eigenvalue weighted by Gasteiger charge is -2.12. The number of aliphatic imine (C=N–C) groups is 1. The first-order valence-corrected chi connectivity index (χ1v) is 8.59. The lowest BCUT2D eigenvalue weighted by atomic mass is 10.1. The highest BCUT2D eigenvalue weighted by atomic mass is 16.6. The lowest BCUT2D eigenvalue weighted by molar-refractivity contribution is -0.129. The average Bonchev–Trinajstić information content (AvgIpc) is 3.12. The summed E-state index contributed by atoms with van der Waals surface area (Å²) < 4.78 is 31.8. The largest absolute Gasteiger partial charge is 0.493 e. The number of hydrogen-bond acceptors (Lipinski definition) is 8. The van der Waals surface area contributed by atoms with Gasteiger partial charge in [-0.05, 0) is 42.0 Å². The highest BCUT2D eigenvalue weighted by Gasteiger charge is 2.25. The van der Waals surface area contributed by atoms with Crippen LogP contribution in [-0.2, 0) is 9.53 Å². The molecule has 0 atom stereocenters. The van der Waals surface area contributed by atoms with Crippen LogP contribution in [0.3, 0.4) is 0 Å². The maximum absolute atomic E-state index is 12.3. The first-order valence-electron chi connectivity index (χ1n) is 8.59. The van der Waals surface area contributed by atoms with E-state index < -0.39 is 5.97 Å². The molecule has 0 saturated heterocycles. The summed E-state index contributed by atoms with van der Waals surface area (Å²) in [4.78, 5) is 16.6. The zero-order valence-corrected chi connectivity index (χ0v) is 16.8. The Morgan fingerprint density at radius 1 is 0.793 bits per heavy atom. The Kier molecular flexibility index (Phi) is 5.92. The third-order valence-corrected chi connectivity index (χ3v) is 4.24. The van der Waals surface area contributed by atoms with Crippen LogP contribution < -0.4 is 23.7 Å². The number of carbonyl (C=O) groups is 1. The molecule has 0 aromatic heterocycles. The minimum atomic E-state index is -0.566. The van der Waals surface area contributed by atoms with E-state index in [0.29, 0.717) is 39.9 Å². The number of rotatable bonds is 7. The summed E-state index contributed by atoms with van der Waals surface area (Å²) in [6.07, 6.45) is 1.58. The van der Waals surface area contributed by atoms with Gasteiger partial charge in [0.15, 0.2) is 28.7 Å². The van der Waals surface area contributed by atoms with Crippen LogP contribution in [-0.4, -0.2) is 47.4 Å². The van der Waals surface area contributed by atoms with Crippen LogP contribution in [0.1, 0.15) is 11.1 Å². The predicted molar refractivity (Wildman–Crippen MR) is 106 cm³/mol. The molecular weight excluding hydrogens is 378 g/mol. The van der Waals surface area contributed by atoms with Gasteiger partial charge in [-0.3, -0.25) is 0 Å². The van der Waals surface area contributed by atoms with E-state index in [1.807, 2.05) is 0 Å². The van der Waals surface area contributed by atoms with Gasteiger partial charge in [0.2, 0.25) is 11.6 Å². The summed E-state index contributed by atoms with van der Waals surface area (Å²) in [5.41, 5.74) is 1.37. The van der Waals surface area contributed by atoms with Crippen molar-refractivity contribution in [3.05, 3.63) is 47.2 Å². The third-order valence-electron chi connectivity index (χ3n) is 4.24. The molecule has 1 aliphatic heterocycles. The fourth-order valence-electron chi connectivity index (χ4n) is 2.84. The fourth-order valence-corrected chi connectivity index (χ4v) is 2.84. The molecule has 152 valence electrons. The molecule has 1 heterocycles. The SMILES string of the molecule is COc1ccc(C2=N/C(=C\c3cc(OC)c(OC)c(OC)c3)C(=O)O2)cc1OC. The van der Waals surface area contributed by atoms with Crippen LogP contribution in [0.2, 0.25) is 0 Å². The smallest absolute Gasteiger partial charge is 0.363 e. The second-order valence-electron chi connectivity index (χ2n) is 5.86. The van der Waals surface area contributed by atoms with Crippen molar-refractivity contribution >= 4 is 17.9 Å². The van der Waals surface area contributed by atoms with Crippen LogP contribution in [0, 0.1) is 0 Å². The number of ether oxygens (including phenoxy) is 6. The van der Waals surface area contributed by atoms with E-state index in [4.69, 9.17) is 28.4 Å². The molecule has 3 rings (SSSR count). The molecule has 8 heteroatoms. The molecule has 0 aliphatic carbocycles. The standard InChI is InChI=1S/C21H21NO7/c1-24-15-7-6-13(11-16(15)25-2)20-22-14(21(23)29-20)8-12-9-17(26-3)19(28-5)18(10-12)27-4/h6-11H,1-5H3/b14-8-. The number of benzene rings is 2. The molecule has 1 aliphatic rings. The van der Waals surface area contributed by atoms with Gasteiger partial charge >= 0.3 is 5.97 Å². The molecule has 0 amide bonds. The Labute approximate surface area is 168 Å². The first kappa shape index (κ1) is 20.1. The quantitative estimate of drug-likeness (QED) is 0.522. The van der Waals surface area contributed by atoms with Gasteiger partial charge in [0.05, 0.1) is 35.5 Å². The highest BCUT2D eigenvalue weighted by molar-refractivity contribution is 6.13. The molecule has 8 nitrogen and oxygen atoms in total. The van der Waals surface area contributed by atoms with Crippen molar-refractivity contribution in [1.29, 1.82) is 0 Å². The maximum Gasteiger partial charge on any atom is 0.363 e. The van der Waals surface area contributed by atoms with E-state index in [0.717, 1.165) is 0 Å². The topological polar surface area (TPSA) is 84.8 Å². The van der Waals surface area contributed by atoms with Crippen LogP contribution >= 0.6 is 0 Å². The van der Waals surface area contributed by atoms with E-state index in [9.17, 15) is 4.79 Å². The molecule has 2 aromatic carbocycles. The molecule has 0 bridgehead atoms. The molecule has 0 fully saturated rings. The van der Waals surface area contributed by atoms with Gasteiger partial charge in [-0.15, -0.1) is 0 Å². The van der Waals surface area contributed by atoms with Crippen molar-refractivity contribution in [2.45, 2.75) is 0 Å². The Bertz CT molecular complexity index is 970. The number of methoxy groups -OCH3 is 5. The van der Waals surface area contributed by atoms with E-state index >= 15 is 0 Å². The molecule has 0 N–H and O–H groups in total. The average molecular weight is 399 g/mol. The molecule has 0 unspecified atom stereocenters. The molecule has 0 saturated carbocycles. The van der Waals surface area contributed by atoms with Crippen molar-refractivity contribution in [2.75, 3.05) is 35.5 Å². The number of cyclic esters (lactones) is 1. The summed E-state index contributed by atoms with van der Waals surface area (Å²) in [7, 11) is 7.63. The lowest BCUT2D eigenvalue weighted by Crippen LogP contribution is -2.06. The van der Waals surface area contributed by atoms with Gasteiger partial charge in [-0.25, -0.2) is 9.79 Å². The summed E-state index contributed by atoms with van der Waals surface area (Å²) >= 11 is 0. The molecule has 29 heavy (non-hydrogen) atoms. The van der Waals surface area contributed by atoms with E-state index in [-0.39, 0.29) is 11.6 Å². The Morgan fingerprint density at radius 2 is 1.41 bits per heavy atom. The molecule has 2 aromatic rings. The van der Waals surface area contributed by atoms with Crippen molar-refractivity contribution in [3.63, 3.8) is 0 Å². The number of nitrogens with zero attached hydrogens (tertiary/aromatic N) is 1. The van der Waals surface area contributed by atoms with Crippen molar-refractivity contribution in [2.24, 2.45) is 4.99 Å². The van der Waals surface area contributed by atoms with Crippen LogP contribution in [0.5, 0.6) is 28.7 Å². The Hall–Kier alpha value is -3.68. The summed E-state index contributed by atoms with van der Waals surface area (Å²) in [6, 6.07) is 8.56. The predicted octanol–water partition coefficient (Wildman–Crippen LogP) is 3.07. The van der Waals surface area contributed by atoms with Crippen LogP contribution in [0.15, 0.2) is 41.0 Å². The Morgan fingerprint density at radius 3 is 1.97 bits per heavy atom. The van der Waals surface area contributed by atoms with Gasteiger partial charge < -0.3 is 28.4 Å². The summed E-state index contributed by atoms with van der Waals surface area (Å²) in [5, 5.41) is 0. The van der Waals surface area contributed by atoms with Gasteiger partial charge in [-0.1, -0.05) is 0 Å². The third kappa shape index (κ3) is 3.96. The minimum absolute atomic E-state index is 0.143. The summed E-state index contributed by atoms with van der Waals surface area (Å²) in [5.74, 6) is 2.07. The molecule has 0 spiro atoms. The Balaban J connectivity index is 1.99. The highest BCUT2D eigenvalue weighted by Crippen LogP contribution is 2.39. The van der Waals surface area contributed by atoms with Crippen molar-refractivity contribution < 1.29 is 33.2 Å². The monoisotopic (exact) mass is 399 g/mol. The zero-order valence-electron chi connectivity index (χ0n) is 16.8. The van der Waals surface area contributed by atoms with E-state index in [1.165, 1.54) is 28.4 Å². The fraction of sp³-hybridized carbons (Fsp3) is 0.238.